The Balaban J connectivity index is 1.87. The molecule has 1 atom stereocenters. The zero-order valence-corrected chi connectivity index (χ0v) is 11.6. The van der Waals surface area contributed by atoms with Gasteiger partial charge in [-0.3, -0.25) is 4.79 Å². The molecule has 20 heavy (non-hydrogen) atoms. The number of carbonyl (C=O) groups is 2. The summed E-state index contributed by atoms with van der Waals surface area (Å²) in [6, 6.07) is 8.17. The molecular formula is C15H20N2O3. The minimum absolute atomic E-state index is 0.0796. The molecule has 1 aromatic carbocycles. The van der Waals surface area contributed by atoms with Gasteiger partial charge in [0.15, 0.2) is 0 Å². The number of nitrogens with one attached hydrogen (secondary N) is 1. The van der Waals surface area contributed by atoms with Crippen LogP contribution in [0.1, 0.15) is 36.4 Å². The number of hydrogen-bond acceptors (Lipinski definition) is 2. The number of carboxylic acids is 1. The Labute approximate surface area is 118 Å². The normalized spacial score (nSPS) is 16.6. The molecule has 0 bridgehead atoms. The van der Waals surface area contributed by atoms with Gasteiger partial charge in [0.05, 0.1) is 6.04 Å². The predicted molar refractivity (Wildman–Crippen MR) is 75.5 cm³/mol. The van der Waals surface area contributed by atoms with Crippen LogP contribution in [0.25, 0.3) is 0 Å². The summed E-state index contributed by atoms with van der Waals surface area (Å²) in [6.45, 7) is 0.393. The van der Waals surface area contributed by atoms with Crippen LogP contribution in [0.15, 0.2) is 24.3 Å². The van der Waals surface area contributed by atoms with Crippen LogP contribution in [0.5, 0.6) is 0 Å². The molecule has 2 rings (SSSR count). The standard InChI is InChI=1S/C15H20N2O3/c1-17(15(20)16-10-4-7-14(18)19)13-9-8-11-5-2-3-6-12(11)13/h2-3,5-6,13H,4,7-10H2,1H3,(H,16,20)(H,18,19). The van der Waals surface area contributed by atoms with Crippen LogP contribution in [0.3, 0.4) is 0 Å². The van der Waals surface area contributed by atoms with Crippen molar-refractivity contribution in [3.8, 4) is 0 Å². The van der Waals surface area contributed by atoms with Gasteiger partial charge in [-0.25, -0.2) is 4.79 Å². The summed E-state index contributed by atoms with van der Waals surface area (Å²) in [5, 5.41) is 11.3. The Morgan fingerprint density at radius 1 is 1.40 bits per heavy atom. The summed E-state index contributed by atoms with van der Waals surface area (Å²) in [7, 11) is 1.79. The third kappa shape index (κ3) is 3.29. The van der Waals surface area contributed by atoms with Gasteiger partial charge in [0.25, 0.3) is 0 Å². The van der Waals surface area contributed by atoms with Gasteiger partial charge in [0, 0.05) is 20.0 Å². The lowest BCUT2D eigenvalue weighted by molar-refractivity contribution is -0.137. The highest BCUT2D eigenvalue weighted by Crippen LogP contribution is 2.34. The first-order valence-corrected chi connectivity index (χ1v) is 6.90. The first-order chi connectivity index (χ1) is 9.59. The molecule has 2 N–H and O–H groups in total. The van der Waals surface area contributed by atoms with Crippen molar-refractivity contribution in [2.75, 3.05) is 13.6 Å². The highest BCUT2D eigenvalue weighted by Gasteiger charge is 2.27. The zero-order chi connectivity index (χ0) is 14.5. The molecule has 0 saturated carbocycles. The van der Waals surface area contributed by atoms with E-state index in [0.29, 0.717) is 13.0 Å². The largest absolute Gasteiger partial charge is 0.481 e. The zero-order valence-electron chi connectivity index (χ0n) is 11.6. The predicted octanol–water partition coefficient (Wildman–Crippen LogP) is 2.18. The number of hydrogen-bond donors (Lipinski definition) is 2. The van der Waals surface area contributed by atoms with E-state index in [-0.39, 0.29) is 18.5 Å². The van der Waals surface area contributed by atoms with Crippen LogP contribution in [0.2, 0.25) is 0 Å². The highest BCUT2D eigenvalue weighted by atomic mass is 16.4. The molecule has 5 nitrogen and oxygen atoms in total. The van der Waals surface area contributed by atoms with E-state index in [1.807, 2.05) is 12.1 Å². The SMILES string of the molecule is CN(C(=O)NCCCC(=O)O)C1CCc2ccccc21. The van der Waals surface area contributed by atoms with Gasteiger partial charge >= 0.3 is 12.0 Å². The maximum absolute atomic E-state index is 12.1. The summed E-state index contributed by atoms with van der Waals surface area (Å²) in [6.07, 6.45) is 2.47. The van der Waals surface area contributed by atoms with E-state index in [9.17, 15) is 9.59 Å². The summed E-state index contributed by atoms with van der Waals surface area (Å²) in [5.74, 6) is -0.836. The topological polar surface area (TPSA) is 69.6 Å². The van der Waals surface area contributed by atoms with E-state index in [1.54, 1.807) is 11.9 Å². The molecule has 108 valence electrons. The van der Waals surface area contributed by atoms with Crippen molar-refractivity contribution in [2.45, 2.75) is 31.7 Å². The number of aryl methyl sites for hydroxylation is 1. The van der Waals surface area contributed by atoms with Crippen molar-refractivity contribution < 1.29 is 14.7 Å². The van der Waals surface area contributed by atoms with Crippen LogP contribution in [-0.4, -0.2) is 35.6 Å². The second-order valence-corrected chi connectivity index (χ2v) is 5.09. The molecule has 0 aromatic heterocycles. The number of amides is 2. The first-order valence-electron chi connectivity index (χ1n) is 6.90. The monoisotopic (exact) mass is 276 g/mol. The first kappa shape index (κ1) is 14.4. The molecular weight excluding hydrogens is 256 g/mol. The summed E-state index contributed by atoms with van der Waals surface area (Å²) < 4.78 is 0. The third-order valence-corrected chi connectivity index (χ3v) is 3.73. The second kappa shape index (κ2) is 6.41. The lowest BCUT2D eigenvalue weighted by Gasteiger charge is -2.25. The van der Waals surface area contributed by atoms with Crippen molar-refractivity contribution >= 4 is 12.0 Å². The van der Waals surface area contributed by atoms with Gasteiger partial charge in [-0.2, -0.15) is 0 Å². The fourth-order valence-corrected chi connectivity index (χ4v) is 2.64. The molecule has 1 unspecified atom stereocenters. The van der Waals surface area contributed by atoms with Gasteiger partial charge in [-0.15, -0.1) is 0 Å². The molecule has 0 radical (unpaired) electrons. The number of aliphatic carboxylic acids is 1. The maximum atomic E-state index is 12.1. The fourth-order valence-electron chi connectivity index (χ4n) is 2.64. The number of carboxylic acid groups (broad SMARTS) is 1. The van der Waals surface area contributed by atoms with E-state index in [4.69, 9.17) is 5.11 Å². The van der Waals surface area contributed by atoms with Gasteiger partial charge in [0.2, 0.25) is 0 Å². The summed E-state index contributed by atoms with van der Waals surface area (Å²) in [5.41, 5.74) is 2.53. The van der Waals surface area contributed by atoms with E-state index in [2.05, 4.69) is 17.4 Å². The highest BCUT2D eigenvalue weighted by molar-refractivity contribution is 5.74. The minimum Gasteiger partial charge on any atom is -0.481 e. The summed E-state index contributed by atoms with van der Waals surface area (Å²) >= 11 is 0. The Morgan fingerprint density at radius 2 is 2.15 bits per heavy atom. The molecule has 0 saturated heterocycles. The summed E-state index contributed by atoms with van der Waals surface area (Å²) in [4.78, 5) is 24.2. The average molecular weight is 276 g/mol. The molecule has 0 spiro atoms. The van der Waals surface area contributed by atoms with Gasteiger partial charge in [-0.1, -0.05) is 24.3 Å². The number of benzene rings is 1. The molecule has 1 aromatic rings. The molecule has 0 aliphatic heterocycles. The molecule has 1 aliphatic rings. The van der Waals surface area contributed by atoms with Crippen molar-refractivity contribution in [1.82, 2.24) is 10.2 Å². The van der Waals surface area contributed by atoms with Crippen LogP contribution < -0.4 is 5.32 Å². The number of nitrogens with zero attached hydrogens (tertiary/aromatic N) is 1. The molecule has 0 fully saturated rings. The van der Waals surface area contributed by atoms with E-state index in [1.165, 1.54) is 11.1 Å². The Hall–Kier alpha value is -2.04. The third-order valence-electron chi connectivity index (χ3n) is 3.73. The second-order valence-electron chi connectivity index (χ2n) is 5.09. The number of carbonyl (C=O) groups excluding carboxylic acids is 1. The number of rotatable bonds is 5. The van der Waals surface area contributed by atoms with Crippen LogP contribution in [0, 0.1) is 0 Å². The number of urea groups is 1. The molecule has 0 heterocycles. The van der Waals surface area contributed by atoms with E-state index < -0.39 is 5.97 Å². The van der Waals surface area contributed by atoms with Crippen molar-refractivity contribution in [3.05, 3.63) is 35.4 Å². The van der Waals surface area contributed by atoms with E-state index in [0.717, 1.165) is 12.8 Å². The number of fused-ring (bicyclic) bond motifs is 1. The average Bonchev–Trinajstić information content (AvgIpc) is 2.86. The minimum atomic E-state index is -0.836. The molecule has 2 amide bonds. The van der Waals surface area contributed by atoms with Crippen LogP contribution in [-0.2, 0) is 11.2 Å². The lowest BCUT2D eigenvalue weighted by atomic mass is 10.1. The lowest BCUT2D eigenvalue weighted by Crippen LogP contribution is -2.39. The van der Waals surface area contributed by atoms with Crippen LogP contribution >= 0.6 is 0 Å². The fraction of sp³-hybridized carbons (Fsp3) is 0.467. The smallest absolute Gasteiger partial charge is 0.317 e. The molecule has 5 heteroatoms. The van der Waals surface area contributed by atoms with E-state index >= 15 is 0 Å². The Morgan fingerprint density at radius 3 is 2.90 bits per heavy atom. The van der Waals surface area contributed by atoms with Crippen molar-refractivity contribution in [1.29, 1.82) is 0 Å². The molecule has 1 aliphatic carbocycles. The van der Waals surface area contributed by atoms with Gasteiger partial charge < -0.3 is 15.3 Å². The Bertz CT molecular complexity index is 502. The van der Waals surface area contributed by atoms with Gasteiger partial charge in [0.1, 0.15) is 0 Å². The quantitative estimate of drug-likeness (QED) is 0.810. The maximum Gasteiger partial charge on any atom is 0.317 e. The van der Waals surface area contributed by atoms with Crippen LogP contribution in [0.4, 0.5) is 4.79 Å². The van der Waals surface area contributed by atoms with Crippen molar-refractivity contribution in [3.63, 3.8) is 0 Å². The van der Waals surface area contributed by atoms with Crippen molar-refractivity contribution in [2.24, 2.45) is 0 Å². The Kier molecular flexibility index (Phi) is 4.61. The van der Waals surface area contributed by atoms with Gasteiger partial charge in [-0.05, 0) is 30.4 Å².